The smallest absolute Gasteiger partial charge is 0.312 e. The van der Waals surface area contributed by atoms with Crippen molar-refractivity contribution in [2.24, 2.45) is 0 Å². The van der Waals surface area contributed by atoms with Gasteiger partial charge in [-0.05, 0) is 32.0 Å². The molecule has 0 fully saturated rings. The van der Waals surface area contributed by atoms with E-state index in [0.29, 0.717) is 11.3 Å². The summed E-state index contributed by atoms with van der Waals surface area (Å²) in [5, 5.41) is 2.77. The molecule has 0 atom stereocenters. The zero-order chi connectivity index (χ0) is 14.0. The van der Waals surface area contributed by atoms with Crippen LogP contribution < -0.4 is 5.32 Å². The highest BCUT2D eigenvalue weighted by molar-refractivity contribution is 7.85. The van der Waals surface area contributed by atoms with Crippen LogP contribution in [0.3, 0.4) is 0 Å². The van der Waals surface area contributed by atoms with Gasteiger partial charge in [0.05, 0.1) is 0 Å². The Balaban J connectivity index is 2.39. The molecule has 0 amide bonds. The molecule has 0 saturated heterocycles. The first kappa shape index (κ1) is 13.5. The van der Waals surface area contributed by atoms with Gasteiger partial charge >= 0.3 is 10.1 Å². The van der Waals surface area contributed by atoms with E-state index in [2.05, 4.69) is 10.3 Å². The number of hydrogen-bond acceptors (Lipinski definition) is 4. The molecule has 2 aromatic rings. The number of anilines is 2. The number of aryl methyl sites for hydroxylation is 1. The van der Waals surface area contributed by atoms with Gasteiger partial charge in [0.2, 0.25) is 0 Å². The van der Waals surface area contributed by atoms with Crippen LogP contribution in [0.1, 0.15) is 11.1 Å². The van der Waals surface area contributed by atoms with E-state index in [-0.39, 0.29) is 5.03 Å². The van der Waals surface area contributed by atoms with Gasteiger partial charge in [-0.15, -0.1) is 0 Å². The third-order valence-electron chi connectivity index (χ3n) is 2.73. The molecule has 2 rings (SSSR count). The second-order valence-corrected chi connectivity index (χ2v) is 5.59. The first-order chi connectivity index (χ1) is 8.88. The summed E-state index contributed by atoms with van der Waals surface area (Å²) in [6.45, 7) is 3.57. The number of nitrogens with zero attached hydrogens (tertiary/aromatic N) is 1. The molecule has 5 nitrogen and oxygen atoms in total. The minimum atomic E-state index is -4.31. The van der Waals surface area contributed by atoms with Crippen LogP contribution in [0.15, 0.2) is 41.6 Å². The summed E-state index contributed by atoms with van der Waals surface area (Å²) in [7, 11) is -4.31. The fourth-order valence-corrected chi connectivity index (χ4v) is 2.40. The van der Waals surface area contributed by atoms with Gasteiger partial charge in [-0.3, -0.25) is 4.55 Å². The summed E-state index contributed by atoms with van der Waals surface area (Å²) < 4.78 is 31.4. The quantitative estimate of drug-likeness (QED) is 0.844. The Bertz CT molecular complexity index is 694. The molecular formula is C13H14N2O3S. The van der Waals surface area contributed by atoms with E-state index < -0.39 is 10.1 Å². The third kappa shape index (κ3) is 3.10. The van der Waals surface area contributed by atoms with Gasteiger partial charge in [-0.25, -0.2) is 4.98 Å². The number of hydrogen-bond donors (Lipinski definition) is 2. The summed E-state index contributed by atoms with van der Waals surface area (Å²) in [5.41, 5.74) is 2.94. The maximum Gasteiger partial charge on any atom is 0.312 e. The van der Waals surface area contributed by atoms with Crippen molar-refractivity contribution in [3.05, 3.63) is 47.7 Å². The number of nitrogens with one attached hydrogen (secondary N) is 1. The Morgan fingerprint density at radius 1 is 1.11 bits per heavy atom. The van der Waals surface area contributed by atoms with Crippen LogP contribution in [0, 0.1) is 13.8 Å². The fraction of sp³-hybridized carbons (Fsp3) is 0.154. The molecule has 1 heterocycles. The summed E-state index contributed by atoms with van der Waals surface area (Å²) in [6.07, 6.45) is 1.34. The molecule has 2 N–H and O–H groups in total. The van der Waals surface area contributed by atoms with E-state index in [1.165, 1.54) is 6.20 Å². The Morgan fingerprint density at radius 3 is 2.32 bits per heavy atom. The average Bonchev–Trinajstić information content (AvgIpc) is 2.33. The van der Waals surface area contributed by atoms with Crippen LogP contribution in [-0.2, 0) is 10.1 Å². The lowest BCUT2D eigenvalue weighted by Crippen LogP contribution is -2.06. The summed E-state index contributed by atoms with van der Waals surface area (Å²) in [4.78, 5) is 3.69. The molecule has 0 unspecified atom stereocenters. The number of pyridine rings is 1. The topological polar surface area (TPSA) is 79.3 Å². The van der Waals surface area contributed by atoms with Crippen LogP contribution in [0.4, 0.5) is 11.4 Å². The highest BCUT2D eigenvalue weighted by Gasteiger charge is 2.17. The molecule has 1 aromatic heterocycles. The van der Waals surface area contributed by atoms with E-state index in [1.54, 1.807) is 13.0 Å². The lowest BCUT2D eigenvalue weighted by molar-refractivity contribution is 0.478. The van der Waals surface area contributed by atoms with Gasteiger partial charge in [0, 0.05) is 23.1 Å². The van der Waals surface area contributed by atoms with E-state index in [0.717, 1.165) is 11.3 Å². The van der Waals surface area contributed by atoms with Gasteiger partial charge in [-0.2, -0.15) is 8.42 Å². The third-order valence-corrected chi connectivity index (χ3v) is 3.63. The SMILES string of the molecule is Cc1ccc(Nc2ccnc(S(=O)(=O)O)c2C)cc1. The van der Waals surface area contributed by atoms with E-state index in [4.69, 9.17) is 4.55 Å². The van der Waals surface area contributed by atoms with Crippen LogP contribution in [0.5, 0.6) is 0 Å². The molecule has 6 heteroatoms. The molecule has 0 radical (unpaired) electrons. The number of rotatable bonds is 3. The number of benzene rings is 1. The molecular weight excluding hydrogens is 264 g/mol. The monoisotopic (exact) mass is 278 g/mol. The standard InChI is InChI=1S/C13H14N2O3S/c1-9-3-5-11(6-4-9)15-12-7-8-14-13(10(12)2)19(16,17)18/h3-8H,1-2H3,(H,14,15)(H,16,17,18). The van der Waals surface area contributed by atoms with Crippen LogP contribution >= 0.6 is 0 Å². The minimum Gasteiger partial charge on any atom is -0.355 e. The van der Waals surface area contributed by atoms with Crippen LogP contribution in [0.2, 0.25) is 0 Å². The molecule has 100 valence electrons. The first-order valence-electron chi connectivity index (χ1n) is 5.65. The normalized spacial score (nSPS) is 11.3. The van der Waals surface area contributed by atoms with E-state index in [9.17, 15) is 8.42 Å². The molecule has 19 heavy (non-hydrogen) atoms. The Kier molecular flexibility index (Phi) is 3.55. The van der Waals surface area contributed by atoms with Gasteiger partial charge < -0.3 is 5.32 Å². The Morgan fingerprint density at radius 2 is 1.74 bits per heavy atom. The summed E-state index contributed by atoms with van der Waals surface area (Å²) in [6, 6.07) is 9.33. The van der Waals surface area contributed by atoms with E-state index >= 15 is 0 Å². The van der Waals surface area contributed by atoms with Gasteiger partial charge in [0.15, 0.2) is 5.03 Å². The van der Waals surface area contributed by atoms with Crippen molar-refractivity contribution in [3.8, 4) is 0 Å². The van der Waals surface area contributed by atoms with Crippen LogP contribution in [0.25, 0.3) is 0 Å². The predicted octanol–water partition coefficient (Wildman–Crippen LogP) is 2.69. The highest BCUT2D eigenvalue weighted by Crippen LogP contribution is 2.24. The van der Waals surface area contributed by atoms with Crippen molar-refractivity contribution in [1.82, 2.24) is 4.98 Å². The highest BCUT2D eigenvalue weighted by atomic mass is 32.2. The van der Waals surface area contributed by atoms with Crippen molar-refractivity contribution in [3.63, 3.8) is 0 Å². The van der Waals surface area contributed by atoms with Gasteiger partial charge in [-0.1, -0.05) is 17.7 Å². The minimum absolute atomic E-state index is 0.329. The maximum atomic E-state index is 11.2. The van der Waals surface area contributed by atoms with Crippen molar-refractivity contribution in [2.45, 2.75) is 18.9 Å². The summed E-state index contributed by atoms with van der Waals surface area (Å²) in [5.74, 6) is 0. The van der Waals surface area contributed by atoms with Gasteiger partial charge in [0.1, 0.15) is 0 Å². The fourth-order valence-electron chi connectivity index (χ4n) is 1.70. The Labute approximate surface area is 112 Å². The molecule has 0 bridgehead atoms. The second kappa shape index (κ2) is 4.99. The lowest BCUT2D eigenvalue weighted by Gasteiger charge is -2.11. The molecule has 0 saturated carbocycles. The predicted molar refractivity (Wildman–Crippen MR) is 73.3 cm³/mol. The molecule has 0 spiro atoms. The van der Waals surface area contributed by atoms with Gasteiger partial charge in [0.25, 0.3) is 0 Å². The zero-order valence-electron chi connectivity index (χ0n) is 10.6. The summed E-state index contributed by atoms with van der Waals surface area (Å²) >= 11 is 0. The largest absolute Gasteiger partial charge is 0.355 e. The molecule has 0 aliphatic rings. The maximum absolute atomic E-state index is 11.2. The molecule has 1 aromatic carbocycles. The second-order valence-electron chi connectivity index (χ2n) is 4.25. The average molecular weight is 278 g/mol. The van der Waals surface area contributed by atoms with Crippen molar-refractivity contribution in [2.75, 3.05) is 5.32 Å². The first-order valence-corrected chi connectivity index (χ1v) is 7.09. The van der Waals surface area contributed by atoms with E-state index in [1.807, 2.05) is 31.2 Å². The van der Waals surface area contributed by atoms with Crippen molar-refractivity contribution in [1.29, 1.82) is 0 Å². The van der Waals surface area contributed by atoms with Crippen molar-refractivity contribution >= 4 is 21.5 Å². The lowest BCUT2D eigenvalue weighted by atomic mass is 10.2. The Hall–Kier alpha value is -1.92. The zero-order valence-corrected chi connectivity index (χ0v) is 11.4. The van der Waals surface area contributed by atoms with Crippen LogP contribution in [-0.4, -0.2) is 18.0 Å². The van der Waals surface area contributed by atoms with Crippen molar-refractivity contribution < 1.29 is 13.0 Å². The number of aromatic nitrogens is 1. The molecule has 0 aliphatic carbocycles. The molecule has 0 aliphatic heterocycles.